The van der Waals surface area contributed by atoms with Crippen LogP contribution in [0.15, 0.2) is 48.2 Å². The van der Waals surface area contributed by atoms with Crippen LogP contribution in [0.5, 0.6) is 0 Å². The topological polar surface area (TPSA) is 78.0 Å². The van der Waals surface area contributed by atoms with Gasteiger partial charge in [-0.15, -0.1) is 0 Å². The van der Waals surface area contributed by atoms with E-state index in [-0.39, 0.29) is 11.5 Å². The molecule has 116 valence electrons. The van der Waals surface area contributed by atoms with E-state index in [9.17, 15) is 14.9 Å². The summed E-state index contributed by atoms with van der Waals surface area (Å²) < 4.78 is 1.73. The smallest absolute Gasteiger partial charge is 0.276 e. The Hall–Kier alpha value is -3.02. The fraction of sp³-hybridized carbons (Fsp3) is 0.176. The van der Waals surface area contributed by atoms with Gasteiger partial charge in [-0.3, -0.25) is 19.6 Å². The van der Waals surface area contributed by atoms with E-state index in [2.05, 4.69) is 5.10 Å². The number of carbonyl (C=O) groups excluding carboxylic acids is 1. The lowest BCUT2D eigenvalue weighted by Gasteiger charge is -2.13. The Morgan fingerprint density at radius 2 is 2.09 bits per heavy atom. The van der Waals surface area contributed by atoms with Gasteiger partial charge in [0, 0.05) is 24.4 Å². The highest BCUT2D eigenvalue weighted by Gasteiger charge is 2.24. The van der Waals surface area contributed by atoms with E-state index in [1.54, 1.807) is 47.3 Å². The van der Waals surface area contributed by atoms with Gasteiger partial charge in [0.1, 0.15) is 0 Å². The predicted octanol–water partition coefficient (Wildman–Crippen LogP) is 3.10. The molecule has 0 fully saturated rings. The molecule has 0 bridgehead atoms. The van der Waals surface area contributed by atoms with Crippen LogP contribution in [-0.2, 0) is 13.5 Å². The summed E-state index contributed by atoms with van der Waals surface area (Å²) in [7, 11) is 1.83. The van der Waals surface area contributed by atoms with Crippen molar-refractivity contribution in [3.8, 4) is 0 Å². The minimum atomic E-state index is -0.416. The number of rotatable bonds is 3. The molecular weight excluding hydrogens is 294 g/mol. The largest absolute Gasteiger partial charge is 0.289 e. The molecule has 1 aromatic heterocycles. The third kappa shape index (κ3) is 2.83. The first-order valence-corrected chi connectivity index (χ1v) is 7.24. The minimum absolute atomic E-state index is 0.0217. The molecule has 1 aliphatic rings. The second-order valence-corrected chi connectivity index (χ2v) is 5.32. The molecule has 0 saturated carbocycles. The molecule has 1 aromatic carbocycles. The highest BCUT2D eigenvalue weighted by Crippen LogP contribution is 2.25. The molecule has 0 amide bonds. The van der Waals surface area contributed by atoms with Gasteiger partial charge in [-0.1, -0.05) is 24.3 Å². The molecule has 0 radical (unpaired) electrons. The lowest BCUT2D eigenvalue weighted by molar-refractivity contribution is -0.385. The van der Waals surface area contributed by atoms with Crippen LogP contribution in [0, 0.1) is 10.1 Å². The number of para-hydroxylation sites is 1. The van der Waals surface area contributed by atoms with Crippen LogP contribution in [0.25, 0.3) is 6.08 Å². The van der Waals surface area contributed by atoms with E-state index in [1.807, 2.05) is 7.05 Å². The molecule has 6 heteroatoms. The number of aryl methyl sites for hydroxylation is 1. The Labute approximate surface area is 132 Å². The number of ketones is 1. The van der Waals surface area contributed by atoms with Gasteiger partial charge in [0.05, 0.1) is 22.2 Å². The molecular formula is C17H15N3O3. The predicted molar refractivity (Wildman–Crippen MR) is 86.1 cm³/mol. The summed E-state index contributed by atoms with van der Waals surface area (Å²) in [6.45, 7) is 0. The van der Waals surface area contributed by atoms with E-state index >= 15 is 0 Å². The second kappa shape index (κ2) is 6.00. The van der Waals surface area contributed by atoms with Crippen molar-refractivity contribution in [2.24, 2.45) is 7.05 Å². The number of carbonyl (C=O) groups is 1. The lowest BCUT2D eigenvalue weighted by Crippen LogP contribution is -2.14. The normalized spacial score (nSPS) is 16.0. The van der Waals surface area contributed by atoms with Gasteiger partial charge in [-0.05, 0) is 25.0 Å². The van der Waals surface area contributed by atoms with Crippen LogP contribution >= 0.6 is 0 Å². The number of fused-ring (bicyclic) bond motifs is 1. The number of allylic oxidation sites excluding steroid dienone is 3. The monoisotopic (exact) mass is 309 g/mol. The van der Waals surface area contributed by atoms with Crippen LogP contribution in [0.3, 0.4) is 0 Å². The van der Waals surface area contributed by atoms with Gasteiger partial charge in [0.2, 0.25) is 0 Å². The molecule has 6 nitrogen and oxygen atoms in total. The van der Waals surface area contributed by atoms with Gasteiger partial charge in [-0.2, -0.15) is 5.10 Å². The van der Waals surface area contributed by atoms with Gasteiger partial charge >= 0.3 is 0 Å². The first kappa shape index (κ1) is 14.9. The Kier molecular flexibility index (Phi) is 3.89. The Balaban J connectivity index is 1.84. The van der Waals surface area contributed by atoms with Crippen molar-refractivity contribution in [3.63, 3.8) is 0 Å². The summed E-state index contributed by atoms with van der Waals surface area (Å²) in [4.78, 5) is 22.9. The molecule has 0 atom stereocenters. The highest BCUT2D eigenvalue weighted by atomic mass is 16.6. The molecule has 1 heterocycles. The summed E-state index contributed by atoms with van der Waals surface area (Å²) in [5.74, 6) is -0.0217. The van der Waals surface area contributed by atoms with Gasteiger partial charge < -0.3 is 0 Å². The van der Waals surface area contributed by atoms with E-state index in [4.69, 9.17) is 0 Å². The molecule has 2 aromatic rings. The summed E-state index contributed by atoms with van der Waals surface area (Å²) in [5, 5.41) is 15.1. The molecule has 0 aliphatic heterocycles. The zero-order chi connectivity index (χ0) is 16.4. The van der Waals surface area contributed by atoms with Crippen molar-refractivity contribution in [2.45, 2.75) is 12.8 Å². The number of hydrogen-bond acceptors (Lipinski definition) is 4. The van der Waals surface area contributed by atoms with Crippen molar-refractivity contribution in [3.05, 3.63) is 75.1 Å². The third-order valence-electron chi connectivity index (χ3n) is 3.94. The minimum Gasteiger partial charge on any atom is -0.289 e. The SMILES string of the molecule is Cn1ncc2c1CC/C(=C\C=C\c1ccccc1[N+](=O)[O-])C2=O. The maximum Gasteiger partial charge on any atom is 0.276 e. The molecule has 1 aliphatic carbocycles. The number of hydrogen-bond donors (Lipinski definition) is 0. The highest BCUT2D eigenvalue weighted by molar-refractivity contribution is 6.10. The summed E-state index contributed by atoms with van der Waals surface area (Å²) in [6, 6.07) is 6.51. The van der Waals surface area contributed by atoms with Gasteiger partial charge in [-0.25, -0.2) is 0 Å². The second-order valence-electron chi connectivity index (χ2n) is 5.32. The molecule has 23 heavy (non-hydrogen) atoms. The zero-order valence-corrected chi connectivity index (χ0v) is 12.6. The first-order valence-electron chi connectivity index (χ1n) is 7.24. The van der Waals surface area contributed by atoms with Gasteiger partial charge in [0.15, 0.2) is 5.78 Å². The lowest BCUT2D eigenvalue weighted by atomic mass is 9.91. The fourth-order valence-electron chi connectivity index (χ4n) is 2.71. The number of aromatic nitrogens is 2. The first-order chi connectivity index (χ1) is 11.1. The Morgan fingerprint density at radius 1 is 1.30 bits per heavy atom. The molecule has 0 saturated heterocycles. The van der Waals surface area contributed by atoms with Crippen LogP contribution < -0.4 is 0 Å². The standard InChI is InChI=1S/C17H15N3O3/c1-19-16-10-9-13(17(21)14(16)11-18-19)7-4-6-12-5-2-3-8-15(12)20(22)23/h2-8,11H,9-10H2,1H3/b6-4+,13-7+. The van der Waals surface area contributed by atoms with Crippen molar-refractivity contribution in [1.82, 2.24) is 9.78 Å². The van der Waals surface area contributed by atoms with Crippen molar-refractivity contribution in [2.75, 3.05) is 0 Å². The van der Waals surface area contributed by atoms with E-state index in [1.165, 1.54) is 6.07 Å². The molecule has 3 rings (SSSR count). The van der Waals surface area contributed by atoms with Crippen molar-refractivity contribution >= 4 is 17.5 Å². The molecule has 0 N–H and O–H groups in total. The zero-order valence-electron chi connectivity index (χ0n) is 12.6. The summed E-state index contributed by atoms with van der Waals surface area (Å²) in [5.41, 5.74) is 2.85. The van der Waals surface area contributed by atoms with Crippen molar-refractivity contribution in [1.29, 1.82) is 0 Å². The Bertz CT molecular complexity index is 847. The number of nitrogens with zero attached hydrogens (tertiary/aromatic N) is 3. The molecule has 0 unspecified atom stereocenters. The third-order valence-corrected chi connectivity index (χ3v) is 3.94. The van der Waals surface area contributed by atoms with Gasteiger partial charge in [0.25, 0.3) is 5.69 Å². The maximum absolute atomic E-state index is 12.4. The van der Waals surface area contributed by atoms with Crippen LogP contribution in [0.2, 0.25) is 0 Å². The van der Waals surface area contributed by atoms with E-state index in [0.29, 0.717) is 23.1 Å². The average Bonchev–Trinajstić information content (AvgIpc) is 2.92. The summed E-state index contributed by atoms with van der Waals surface area (Å²) in [6.07, 6.45) is 8.08. The average molecular weight is 309 g/mol. The van der Waals surface area contributed by atoms with Crippen LogP contribution in [-0.4, -0.2) is 20.5 Å². The number of nitro groups is 1. The number of benzene rings is 1. The summed E-state index contributed by atoms with van der Waals surface area (Å²) >= 11 is 0. The molecule has 0 spiro atoms. The number of nitro benzene ring substituents is 1. The number of Topliss-reactive ketones (excluding diaryl/α,β-unsaturated/α-hetero) is 1. The van der Waals surface area contributed by atoms with Crippen molar-refractivity contribution < 1.29 is 9.72 Å². The Morgan fingerprint density at radius 3 is 2.87 bits per heavy atom. The van der Waals surface area contributed by atoms with E-state index < -0.39 is 4.92 Å². The van der Waals surface area contributed by atoms with Crippen LogP contribution in [0.1, 0.15) is 28.0 Å². The van der Waals surface area contributed by atoms with E-state index in [0.717, 1.165) is 12.1 Å². The maximum atomic E-state index is 12.4. The fourth-order valence-corrected chi connectivity index (χ4v) is 2.71. The van der Waals surface area contributed by atoms with Crippen LogP contribution in [0.4, 0.5) is 5.69 Å². The quantitative estimate of drug-likeness (QED) is 0.496.